The van der Waals surface area contributed by atoms with Crippen molar-refractivity contribution in [3.8, 4) is 23.0 Å². The molecule has 0 bridgehead atoms. The Kier molecular flexibility index (Phi) is 6.42. The average molecular weight is 443 g/mol. The van der Waals surface area contributed by atoms with Crippen LogP contribution in [0.25, 0.3) is 0 Å². The van der Waals surface area contributed by atoms with E-state index < -0.39 is 29.9 Å². The summed E-state index contributed by atoms with van der Waals surface area (Å²) in [6.45, 7) is 1.12. The minimum atomic E-state index is -1.30. The van der Waals surface area contributed by atoms with Crippen LogP contribution < -0.4 is 29.6 Å². The predicted octanol–water partition coefficient (Wildman–Crippen LogP) is 2.13. The summed E-state index contributed by atoms with van der Waals surface area (Å²) in [5, 5.41) is 5.31. The maximum atomic E-state index is 13.0. The lowest BCUT2D eigenvalue weighted by atomic mass is 9.92. The van der Waals surface area contributed by atoms with E-state index in [1.807, 2.05) is 0 Å². The Morgan fingerprint density at radius 1 is 0.969 bits per heavy atom. The number of rotatable bonds is 8. The quantitative estimate of drug-likeness (QED) is 0.601. The lowest BCUT2D eigenvalue weighted by molar-refractivity contribution is -0.133. The molecule has 1 unspecified atom stereocenters. The van der Waals surface area contributed by atoms with Crippen LogP contribution in [0.5, 0.6) is 23.0 Å². The number of benzene rings is 2. The van der Waals surface area contributed by atoms with Crippen molar-refractivity contribution >= 4 is 23.5 Å². The number of methoxy groups -OCH3 is 4. The fourth-order valence-electron chi connectivity index (χ4n) is 3.46. The Morgan fingerprint density at radius 2 is 1.56 bits per heavy atom. The molecular weight excluding hydrogens is 418 g/mol. The largest absolute Gasteiger partial charge is 0.497 e. The van der Waals surface area contributed by atoms with Gasteiger partial charge < -0.3 is 29.6 Å². The summed E-state index contributed by atoms with van der Waals surface area (Å²) in [6.07, 6.45) is 0. The molecule has 10 heteroatoms. The number of anilines is 1. The molecule has 170 valence electrons. The maximum Gasteiger partial charge on any atom is 0.325 e. The van der Waals surface area contributed by atoms with Crippen LogP contribution in [0.3, 0.4) is 0 Å². The Hall–Kier alpha value is -3.95. The van der Waals surface area contributed by atoms with Gasteiger partial charge in [-0.3, -0.25) is 14.5 Å². The molecule has 0 radical (unpaired) electrons. The molecule has 1 fully saturated rings. The smallest absolute Gasteiger partial charge is 0.325 e. The summed E-state index contributed by atoms with van der Waals surface area (Å²) in [5.74, 6) is 0.593. The van der Waals surface area contributed by atoms with Crippen molar-refractivity contribution in [1.29, 1.82) is 0 Å². The molecule has 3 rings (SSSR count). The second kappa shape index (κ2) is 9.04. The number of amides is 4. The van der Waals surface area contributed by atoms with Crippen LogP contribution in [-0.2, 0) is 15.1 Å². The lowest BCUT2D eigenvalue weighted by Crippen LogP contribution is -2.42. The number of carbonyl (C=O) groups is 3. The molecule has 1 saturated heterocycles. The van der Waals surface area contributed by atoms with E-state index in [1.165, 1.54) is 28.4 Å². The minimum absolute atomic E-state index is 0.351. The van der Waals surface area contributed by atoms with E-state index in [-0.39, 0.29) is 0 Å². The number of hydrogen-bond donors (Lipinski definition) is 2. The number of nitrogens with one attached hydrogen (secondary N) is 2. The summed E-state index contributed by atoms with van der Waals surface area (Å²) in [4.78, 5) is 39.0. The van der Waals surface area contributed by atoms with E-state index in [0.717, 1.165) is 4.90 Å². The molecule has 1 aliphatic heterocycles. The van der Waals surface area contributed by atoms with E-state index in [4.69, 9.17) is 18.9 Å². The van der Waals surface area contributed by atoms with Gasteiger partial charge in [-0.15, -0.1) is 0 Å². The van der Waals surface area contributed by atoms with Crippen LogP contribution in [-0.4, -0.2) is 57.7 Å². The van der Waals surface area contributed by atoms with Crippen molar-refractivity contribution in [2.45, 2.75) is 12.5 Å². The highest BCUT2D eigenvalue weighted by atomic mass is 16.5. The number of carbonyl (C=O) groups excluding carboxylic acids is 3. The van der Waals surface area contributed by atoms with E-state index in [0.29, 0.717) is 34.2 Å². The Balaban J connectivity index is 1.76. The van der Waals surface area contributed by atoms with E-state index in [2.05, 4.69) is 10.6 Å². The lowest BCUT2D eigenvalue weighted by Gasteiger charge is -2.22. The van der Waals surface area contributed by atoms with Crippen molar-refractivity contribution in [2.75, 3.05) is 40.3 Å². The third-order valence-corrected chi connectivity index (χ3v) is 5.19. The molecule has 4 amide bonds. The first-order valence-electron chi connectivity index (χ1n) is 9.65. The van der Waals surface area contributed by atoms with Crippen molar-refractivity contribution < 1.29 is 33.3 Å². The molecule has 2 aromatic rings. The van der Waals surface area contributed by atoms with Gasteiger partial charge in [0.05, 0.1) is 28.4 Å². The Labute approximate surface area is 185 Å². The summed E-state index contributed by atoms with van der Waals surface area (Å²) in [7, 11) is 5.91. The number of nitrogens with zero attached hydrogens (tertiary/aromatic N) is 1. The van der Waals surface area contributed by atoms with Gasteiger partial charge in [-0.25, -0.2) is 4.79 Å². The van der Waals surface area contributed by atoms with Gasteiger partial charge in [0.1, 0.15) is 17.8 Å². The van der Waals surface area contributed by atoms with Gasteiger partial charge in [0.2, 0.25) is 11.7 Å². The first kappa shape index (κ1) is 22.7. The molecule has 1 aliphatic rings. The van der Waals surface area contributed by atoms with Crippen LogP contribution in [0.1, 0.15) is 12.5 Å². The fourth-order valence-corrected chi connectivity index (χ4v) is 3.46. The summed E-state index contributed by atoms with van der Waals surface area (Å²) in [5.41, 5.74) is -0.366. The maximum absolute atomic E-state index is 13.0. The van der Waals surface area contributed by atoms with E-state index in [9.17, 15) is 14.4 Å². The summed E-state index contributed by atoms with van der Waals surface area (Å²) in [6, 6.07) is 9.21. The van der Waals surface area contributed by atoms with Gasteiger partial charge in [-0.1, -0.05) is 12.1 Å². The third kappa shape index (κ3) is 4.11. The first-order valence-corrected chi connectivity index (χ1v) is 9.65. The normalized spacial score (nSPS) is 17.6. The third-order valence-electron chi connectivity index (χ3n) is 5.19. The molecular formula is C22H25N3O7. The van der Waals surface area contributed by atoms with Crippen LogP contribution in [0, 0.1) is 0 Å². The van der Waals surface area contributed by atoms with Crippen LogP contribution in [0.2, 0.25) is 0 Å². The molecule has 0 spiro atoms. The molecule has 1 atom stereocenters. The second-order valence-electron chi connectivity index (χ2n) is 7.14. The fraction of sp³-hybridized carbons (Fsp3) is 0.318. The zero-order valence-corrected chi connectivity index (χ0v) is 18.5. The topological polar surface area (TPSA) is 115 Å². The van der Waals surface area contributed by atoms with E-state index >= 15 is 0 Å². The standard InChI is InChI=1S/C22H25N3O7/c1-22(13-6-8-15(29-2)9-7-13)20(27)25(21(28)24-22)12-18(26)23-14-10-16(30-3)19(32-5)17(11-14)31-4/h6-11H,12H2,1-5H3,(H,23,26)(H,24,28). The van der Waals surface area contributed by atoms with Gasteiger partial charge in [0.25, 0.3) is 5.91 Å². The van der Waals surface area contributed by atoms with Gasteiger partial charge in [-0.2, -0.15) is 0 Å². The van der Waals surface area contributed by atoms with E-state index in [1.54, 1.807) is 43.3 Å². The van der Waals surface area contributed by atoms with Gasteiger partial charge in [0, 0.05) is 17.8 Å². The van der Waals surface area contributed by atoms with Gasteiger partial charge >= 0.3 is 6.03 Å². The van der Waals surface area contributed by atoms with Crippen molar-refractivity contribution in [3.05, 3.63) is 42.0 Å². The molecule has 0 saturated carbocycles. The Morgan fingerprint density at radius 3 is 2.06 bits per heavy atom. The average Bonchev–Trinajstić information content (AvgIpc) is 3.02. The first-order chi connectivity index (χ1) is 15.3. The van der Waals surface area contributed by atoms with Gasteiger partial charge in [0.15, 0.2) is 11.5 Å². The SMILES string of the molecule is COc1ccc(C2(C)NC(=O)N(CC(=O)Nc3cc(OC)c(OC)c(OC)c3)C2=O)cc1. The predicted molar refractivity (Wildman–Crippen MR) is 115 cm³/mol. The number of imide groups is 1. The van der Waals surface area contributed by atoms with Gasteiger partial charge in [-0.05, 0) is 24.6 Å². The summed E-state index contributed by atoms with van der Waals surface area (Å²) < 4.78 is 20.9. The zero-order valence-electron chi connectivity index (χ0n) is 18.5. The highest BCUT2D eigenvalue weighted by molar-refractivity contribution is 6.10. The number of hydrogen-bond acceptors (Lipinski definition) is 7. The highest BCUT2D eigenvalue weighted by Gasteiger charge is 2.49. The number of urea groups is 1. The Bertz CT molecular complexity index is 1010. The second-order valence-corrected chi connectivity index (χ2v) is 7.14. The molecule has 10 nitrogen and oxygen atoms in total. The van der Waals surface area contributed by atoms with Crippen LogP contribution in [0.15, 0.2) is 36.4 Å². The van der Waals surface area contributed by atoms with Crippen molar-refractivity contribution in [2.24, 2.45) is 0 Å². The minimum Gasteiger partial charge on any atom is -0.497 e. The molecule has 0 aliphatic carbocycles. The molecule has 32 heavy (non-hydrogen) atoms. The summed E-state index contributed by atoms with van der Waals surface area (Å²) >= 11 is 0. The molecule has 1 heterocycles. The molecule has 0 aromatic heterocycles. The number of ether oxygens (including phenoxy) is 4. The van der Waals surface area contributed by atoms with Crippen LogP contribution in [0.4, 0.5) is 10.5 Å². The van der Waals surface area contributed by atoms with Crippen LogP contribution >= 0.6 is 0 Å². The van der Waals surface area contributed by atoms with Crippen molar-refractivity contribution in [3.63, 3.8) is 0 Å². The molecule has 2 N–H and O–H groups in total. The zero-order chi connectivity index (χ0) is 23.5. The monoisotopic (exact) mass is 443 g/mol. The highest BCUT2D eigenvalue weighted by Crippen LogP contribution is 2.40. The molecule has 2 aromatic carbocycles. The van der Waals surface area contributed by atoms with Crippen molar-refractivity contribution in [1.82, 2.24) is 10.2 Å².